The predicted molar refractivity (Wildman–Crippen MR) is 133 cm³/mol. The van der Waals surface area contributed by atoms with Gasteiger partial charge in [0.05, 0.1) is 18.7 Å². The maximum absolute atomic E-state index is 13.2. The van der Waals surface area contributed by atoms with Crippen molar-refractivity contribution in [2.45, 2.75) is 12.8 Å². The number of amides is 2. The summed E-state index contributed by atoms with van der Waals surface area (Å²) in [4.78, 5) is 35.1. The van der Waals surface area contributed by atoms with E-state index in [4.69, 9.17) is 16.3 Å². The number of methoxy groups -OCH3 is 1. The molecular weight excluding hydrogens is 452 g/mol. The lowest BCUT2D eigenvalue weighted by Gasteiger charge is -2.37. The number of piperazine rings is 1. The molecule has 2 aromatic carbocycles. The fourth-order valence-corrected chi connectivity index (χ4v) is 5.26. The van der Waals surface area contributed by atoms with E-state index in [1.54, 1.807) is 7.11 Å². The molecule has 1 aromatic heterocycles. The van der Waals surface area contributed by atoms with Gasteiger partial charge in [0.15, 0.2) is 0 Å². The number of halogens is 1. The van der Waals surface area contributed by atoms with Crippen molar-refractivity contribution >= 4 is 40.0 Å². The minimum atomic E-state index is -0.261. The molecule has 5 rings (SSSR count). The highest BCUT2D eigenvalue weighted by Crippen LogP contribution is 2.29. The Labute approximate surface area is 204 Å². The molecule has 7 nitrogen and oxygen atoms in total. The Kier molecular flexibility index (Phi) is 6.37. The monoisotopic (exact) mass is 480 g/mol. The van der Waals surface area contributed by atoms with Crippen LogP contribution in [-0.2, 0) is 16.0 Å². The van der Waals surface area contributed by atoms with Gasteiger partial charge >= 0.3 is 0 Å². The Morgan fingerprint density at radius 3 is 2.74 bits per heavy atom. The van der Waals surface area contributed by atoms with Gasteiger partial charge in [-0.15, -0.1) is 0 Å². The van der Waals surface area contributed by atoms with Crippen LogP contribution >= 0.6 is 11.6 Å². The first-order valence-electron chi connectivity index (χ1n) is 11.7. The lowest BCUT2D eigenvalue weighted by molar-refractivity contribution is -0.136. The Bertz CT molecular complexity index is 1200. The molecule has 1 atom stereocenters. The van der Waals surface area contributed by atoms with Crippen molar-refractivity contribution in [2.24, 2.45) is 5.92 Å². The molecule has 2 aliphatic rings. The first kappa shape index (κ1) is 22.6. The number of fused-ring (bicyclic) bond motifs is 1. The first-order chi connectivity index (χ1) is 16.5. The zero-order valence-electron chi connectivity index (χ0n) is 19.3. The van der Waals surface area contributed by atoms with E-state index in [0.29, 0.717) is 37.6 Å². The van der Waals surface area contributed by atoms with Crippen LogP contribution in [0, 0.1) is 5.92 Å². The third-order valence-corrected chi connectivity index (χ3v) is 7.20. The fourth-order valence-electron chi connectivity index (χ4n) is 5.08. The Balaban J connectivity index is 1.16. The maximum Gasteiger partial charge on any atom is 0.228 e. The molecule has 0 aliphatic carbocycles. The molecule has 2 saturated heterocycles. The molecular formula is C26H29ClN4O3. The second-order valence-electron chi connectivity index (χ2n) is 8.98. The van der Waals surface area contributed by atoms with Crippen LogP contribution in [0.1, 0.15) is 12.0 Å². The number of hydrogen-bond acceptors (Lipinski definition) is 4. The second-order valence-corrected chi connectivity index (χ2v) is 9.42. The zero-order chi connectivity index (χ0) is 23.7. The van der Waals surface area contributed by atoms with Gasteiger partial charge in [0.25, 0.3) is 0 Å². The molecule has 0 radical (unpaired) electrons. The molecule has 3 aromatic rings. The number of aromatic amines is 1. The van der Waals surface area contributed by atoms with Gasteiger partial charge in [-0.25, -0.2) is 0 Å². The van der Waals surface area contributed by atoms with Gasteiger partial charge in [0.1, 0.15) is 5.75 Å². The number of ether oxygens (including phenoxy) is 1. The molecule has 3 heterocycles. The highest BCUT2D eigenvalue weighted by Gasteiger charge is 2.37. The van der Waals surface area contributed by atoms with E-state index in [0.717, 1.165) is 47.4 Å². The van der Waals surface area contributed by atoms with Crippen molar-refractivity contribution < 1.29 is 14.3 Å². The molecule has 178 valence electrons. The number of rotatable bonds is 6. The summed E-state index contributed by atoms with van der Waals surface area (Å²) in [6.45, 7) is 3.89. The topological polar surface area (TPSA) is 68.9 Å². The number of carbonyl (C=O) groups excluding carboxylic acids is 2. The zero-order valence-corrected chi connectivity index (χ0v) is 20.1. The number of nitrogens with zero attached hydrogens (tertiary/aromatic N) is 3. The number of nitrogens with one attached hydrogen (secondary N) is 1. The standard InChI is InChI=1S/C26H29ClN4O3/c1-34-24-5-3-2-4-23(24)29-10-12-30(13-11-29)26(33)19-14-25(32)31(17-19)9-8-18-16-28-22-7-6-20(27)15-21(18)22/h2-7,15-16,19,28H,8-14,17H2,1H3/t19-/m1/s1. The van der Waals surface area contributed by atoms with Gasteiger partial charge in [-0.2, -0.15) is 0 Å². The SMILES string of the molecule is COc1ccccc1N1CCN(C(=O)[C@@H]2CC(=O)N(CCc3c[nH]c4ccc(Cl)cc34)C2)CC1. The Morgan fingerprint density at radius 2 is 1.94 bits per heavy atom. The summed E-state index contributed by atoms with van der Waals surface area (Å²) in [5, 5.41) is 1.78. The second kappa shape index (κ2) is 9.58. The van der Waals surface area contributed by atoms with Crippen LogP contribution in [0.3, 0.4) is 0 Å². The average molecular weight is 481 g/mol. The number of carbonyl (C=O) groups is 2. The van der Waals surface area contributed by atoms with Crippen LogP contribution in [0.5, 0.6) is 5.75 Å². The molecule has 0 unspecified atom stereocenters. The number of likely N-dealkylation sites (tertiary alicyclic amines) is 1. The number of benzene rings is 2. The van der Waals surface area contributed by atoms with Crippen molar-refractivity contribution in [1.82, 2.24) is 14.8 Å². The lowest BCUT2D eigenvalue weighted by atomic mass is 10.1. The highest BCUT2D eigenvalue weighted by molar-refractivity contribution is 6.31. The van der Waals surface area contributed by atoms with Gasteiger partial charge < -0.3 is 24.4 Å². The van der Waals surface area contributed by atoms with Crippen molar-refractivity contribution in [3.05, 3.63) is 59.2 Å². The van der Waals surface area contributed by atoms with Crippen molar-refractivity contribution in [1.29, 1.82) is 0 Å². The average Bonchev–Trinajstić information content (AvgIpc) is 3.44. The van der Waals surface area contributed by atoms with Crippen LogP contribution in [0.4, 0.5) is 5.69 Å². The molecule has 2 aliphatic heterocycles. The summed E-state index contributed by atoms with van der Waals surface area (Å²) >= 11 is 6.15. The highest BCUT2D eigenvalue weighted by atomic mass is 35.5. The van der Waals surface area contributed by atoms with Crippen LogP contribution in [-0.4, -0.2) is 73.0 Å². The van der Waals surface area contributed by atoms with Gasteiger partial charge in [-0.3, -0.25) is 9.59 Å². The summed E-state index contributed by atoms with van der Waals surface area (Å²) in [6.07, 6.45) is 3.00. The van der Waals surface area contributed by atoms with Crippen LogP contribution in [0.25, 0.3) is 10.9 Å². The minimum absolute atomic E-state index is 0.0591. The fraction of sp³-hybridized carbons (Fsp3) is 0.385. The molecule has 2 fully saturated rings. The van der Waals surface area contributed by atoms with Crippen LogP contribution in [0.2, 0.25) is 5.02 Å². The number of anilines is 1. The molecule has 0 spiro atoms. The van der Waals surface area contributed by atoms with E-state index in [1.165, 1.54) is 0 Å². The van der Waals surface area contributed by atoms with E-state index in [-0.39, 0.29) is 17.7 Å². The van der Waals surface area contributed by atoms with Gasteiger partial charge in [0.2, 0.25) is 11.8 Å². The van der Waals surface area contributed by atoms with Gasteiger partial charge in [-0.05, 0) is 42.3 Å². The van der Waals surface area contributed by atoms with E-state index < -0.39 is 0 Å². The number of aromatic nitrogens is 1. The number of H-pyrrole nitrogens is 1. The Morgan fingerprint density at radius 1 is 1.15 bits per heavy atom. The summed E-state index contributed by atoms with van der Waals surface area (Å²) < 4.78 is 5.48. The summed E-state index contributed by atoms with van der Waals surface area (Å²) in [5.74, 6) is 0.734. The lowest BCUT2D eigenvalue weighted by Crippen LogP contribution is -2.50. The minimum Gasteiger partial charge on any atom is -0.495 e. The summed E-state index contributed by atoms with van der Waals surface area (Å²) in [6, 6.07) is 13.7. The molecule has 1 N–H and O–H groups in total. The third-order valence-electron chi connectivity index (χ3n) is 6.96. The quantitative estimate of drug-likeness (QED) is 0.585. The molecule has 8 heteroatoms. The van der Waals surface area contributed by atoms with Gasteiger partial charge in [0, 0.05) is 67.8 Å². The van der Waals surface area contributed by atoms with Crippen molar-refractivity contribution in [2.75, 3.05) is 51.3 Å². The van der Waals surface area contributed by atoms with E-state index in [1.807, 2.05) is 58.5 Å². The first-order valence-corrected chi connectivity index (χ1v) is 12.1. The van der Waals surface area contributed by atoms with Gasteiger partial charge in [-0.1, -0.05) is 23.7 Å². The largest absolute Gasteiger partial charge is 0.495 e. The van der Waals surface area contributed by atoms with Crippen molar-refractivity contribution in [3.63, 3.8) is 0 Å². The molecule has 0 saturated carbocycles. The summed E-state index contributed by atoms with van der Waals surface area (Å²) in [5.41, 5.74) is 3.22. The summed E-state index contributed by atoms with van der Waals surface area (Å²) in [7, 11) is 1.68. The number of hydrogen-bond donors (Lipinski definition) is 1. The molecule has 34 heavy (non-hydrogen) atoms. The van der Waals surface area contributed by atoms with Crippen LogP contribution < -0.4 is 9.64 Å². The normalized spacial score (nSPS) is 18.7. The van der Waals surface area contributed by atoms with Crippen LogP contribution in [0.15, 0.2) is 48.7 Å². The third kappa shape index (κ3) is 4.44. The number of para-hydroxylation sites is 2. The Hall–Kier alpha value is -3.19. The van der Waals surface area contributed by atoms with E-state index in [9.17, 15) is 9.59 Å². The molecule has 0 bridgehead atoms. The molecule has 2 amide bonds. The maximum atomic E-state index is 13.2. The van der Waals surface area contributed by atoms with E-state index in [2.05, 4.69) is 9.88 Å². The van der Waals surface area contributed by atoms with Crippen molar-refractivity contribution in [3.8, 4) is 5.75 Å². The predicted octanol–water partition coefficient (Wildman–Crippen LogP) is 3.57. The smallest absolute Gasteiger partial charge is 0.228 e. The van der Waals surface area contributed by atoms with E-state index >= 15 is 0 Å².